The maximum Gasteiger partial charge on any atom is 0.295 e. The van der Waals surface area contributed by atoms with Gasteiger partial charge in [-0.1, -0.05) is 12.1 Å². The van der Waals surface area contributed by atoms with Crippen LogP contribution in [0.3, 0.4) is 0 Å². The molecule has 0 spiro atoms. The number of carbonyl (C=O) groups is 2. The number of aryl methyl sites for hydroxylation is 1. The first-order valence-corrected chi connectivity index (χ1v) is 11.4. The molecule has 11 heteroatoms. The zero-order chi connectivity index (χ0) is 25.2. The van der Waals surface area contributed by atoms with Crippen molar-refractivity contribution in [3.8, 4) is 11.5 Å². The van der Waals surface area contributed by atoms with E-state index < -0.39 is 22.7 Å². The van der Waals surface area contributed by atoms with Gasteiger partial charge in [-0.15, -0.1) is 0 Å². The van der Waals surface area contributed by atoms with Gasteiger partial charge in [0.1, 0.15) is 31.4 Å². The maximum absolute atomic E-state index is 13.2. The molecular weight excluding hydrogens is 468 g/mol. The lowest BCUT2D eigenvalue weighted by molar-refractivity contribution is -0.695. The number of H-pyrrole nitrogens is 1. The highest BCUT2D eigenvalue weighted by molar-refractivity contribution is 6.46. The number of aromatic amines is 1. The summed E-state index contributed by atoms with van der Waals surface area (Å²) in [7, 11) is 0. The van der Waals surface area contributed by atoms with Crippen LogP contribution in [0, 0.1) is 10.1 Å². The molecule has 0 radical (unpaired) electrons. The van der Waals surface area contributed by atoms with Crippen LogP contribution in [0.25, 0.3) is 5.76 Å². The van der Waals surface area contributed by atoms with Crippen molar-refractivity contribution in [2.75, 3.05) is 19.8 Å². The number of aromatic nitrogens is 2. The Morgan fingerprint density at radius 3 is 2.72 bits per heavy atom. The highest BCUT2D eigenvalue weighted by Crippen LogP contribution is 2.41. The minimum Gasteiger partial charge on any atom is -0.507 e. The molecule has 0 aliphatic carbocycles. The summed E-state index contributed by atoms with van der Waals surface area (Å²) >= 11 is 0. The van der Waals surface area contributed by atoms with Crippen LogP contribution in [0.5, 0.6) is 11.5 Å². The van der Waals surface area contributed by atoms with Gasteiger partial charge in [-0.05, 0) is 23.8 Å². The number of ether oxygens (including phenoxy) is 2. The van der Waals surface area contributed by atoms with E-state index in [4.69, 9.17) is 9.47 Å². The summed E-state index contributed by atoms with van der Waals surface area (Å²) in [4.78, 5) is 41.5. The summed E-state index contributed by atoms with van der Waals surface area (Å²) in [6.45, 7) is 1.52. The second kappa shape index (κ2) is 9.53. The minimum atomic E-state index is -0.991. The lowest BCUT2D eigenvalue weighted by Gasteiger charge is -2.25. The molecule has 1 amide bonds. The van der Waals surface area contributed by atoms with Gasteiger partial charge in [0.25, 0.3) is 17.4 Å². The number of nitrogens with one attached hydrogen (secondary N) is 1. The number of hydrogen-bond donors (Lipinski definition) is 2. The molecule has 5 rings (SSSR count). The van der Waals surface area contributed by atoms with E-state index in [9.17, 15) is 24.8 Å². The first-order valence-electron chi connectivity index (χ1n) is 11.4. The fraction of sp³-hybridized carbons (Fsp3) is 0.240. The smallest absolute Gasteiger partial charge is 0.295 e. The third kappa shape index (κ3) is 4.26. The van der Waals surface area contributed by atoms with E-state index in [2.05, 4.69) is 4.98 Å². The van der Waals surface area contributed by atoms with Crippen LogP contribution >= 0.6 is 0 Å². The van der Waals surface area contributed by atoms with Gasteiger partial charge in [0.05, 0.1) is 23.1 Å². The first-order chi connectivity index (χ1) is 17.4. The Morgan fingerprint density at radius 2 is 1.97 bits per heavy atom. The first kappa shape index (κ1) is 23.1. The second-order valence-electron chi connectivity index (χ2n) is 8.41. The maximum atomic E-state index is 13.2. The molecule has 1 aromatic heterocycles. The fourth-order valence-corrected chi connectivity index (χ4v) is 4.50. The molecule has 2 aliphatic heterocycles. The number of carbonyl (C=O) groups excluding carboxylic acids is 2. The number of nitro benzene ring substituents is 1. The molecular formula is C25H23N4O7+. The number of aliphatic hydroxyl groups is 1. The van der Waals surface area contributed by atoms with Gasteiger partial charge in [0.15, 0.2) is 11.5 Å². The molecule has 36 heavy (non-hydrogen) atoms. The Labute approximate surface area is 205 Å². The van der Waals surface area contributed by atoms with Gasteiger partial charge >= 0.3 is 0 Å². The number of nitrogens with zero attached hydrogens (tertiary/aromatic N) is 3. The van der Waals surface area contributed by atoms with Crippen molar-refractivity contribution < 1.29 is 33.7 Å². The van der Waals surface area contributed by atoms with Crippen molar-refractivity contribution in [3.05, 3.63) is 88.0 Å². The molecule has 0 bridgehead atoms. The van der Waals surface area contributed by atoms with E-state index in [1.807, 2.05) is 10.8 Å². The number of imidazole rings is 1. The molecule has 3 aromatic rings. The van der Waals surface area contributed by atoms with Crippen molar-refractivity contribution >= 4 is 23.1 Å². The van der Waals surface area contributed by atoms with Gasteiger partial charge in [-0.2, -0.15) is 0 Å². The van der Waals surface area contributed by atoms with Gasteiger partial charge in [0.2, 0.25) is 6.33 Å². The summed E-state index contributed by atoms with van der Waals surface area (Å²) in [6, 6.07) is 9.50. The normalized spacial score (nSPS) is 18.4. The zero-order valence-electron chi connectivity index (χ0n) is 19.1. The Kier molecular flexibility index (Phi) is 6.11. The van der Waals surface area contributed by atoms with Crippen molar-refractivity contribution in [1.82, 2.24) is 9.88 Å². The van der Waals surface area contributed by atoms with Gasteiger partial charge in [0, 0.05) is 30.7 Å². The SMILES string of the molecule is O=C1C(=O)N(CCC[n+]2cc[nH]c2)C(c2cccc([N+](=O)[O-])c2)C1=C(O)c1ccc2c(c1)OCCO2. The molecule has 11 nitrogen and oxygen atoms in total. The fourth-order valence-electron chi connectivity index (χ4n) is 4.50. The van der Waals surface area contributed by atoms with Crippen LogP contribution < -0.4 is 14.0 Å². The number of hydrogen-bond acceptors (Lipinski definition) is 7. The number of rotatable bonds is 7. The highest BCUT2D eigenvalue weighted by Gasteiger charge is 2.46. The van der Waals surface area contributed by atoms with Crippen LogP contribution in [0.4, 0.5) is 5.69 Å². The molecule has 2 aromatic carbocycles. The van der Waals surface area contributed by atoms with Crippen molar-refractivity contribution in [2.45, 2.75) is 19.0 Å². The summed E-state index contributed by atoms with van der Waals surface area (Å²) < 4.78 is 13.0. The topological polar surface area (TPSA) is 139 Å². The number of nitro groups is 1. The lowest BCUT2D eigenvalue weighted by Crippen LogP contribution is -2.36. The van der Waals surface area contributed by atoms with Crippen molar-refractivity contribution in [2.24, 2.45) is 0 Å². The van der Waals surface area contributed by atoms with Gasteiger partial charge in [-0.25, -0.2) is 4.57 Å². The second-order valence-corrected chi connectivity index (χ2v) is 8.41. The number of fused-ring (bicyclic) bond motifs is 1. The summed E-state index contributed by atoms with van der Waals surface area (Å²) in [5.41, 5.74) is 0.319. The molecule has 2 N–H and O–H groups in total. The molecule has 3 heterocycles. The predicted octanol–water partition coefficient (Wildman–Crippen LogP) is 2.49. The largest absolute Gasteiger partial charge is 0.507 e. The third-order valence-electron chi connectivity index (χ3n) is 6.17. The van der Waals surface area contributed by atoms with Crippen LogP contribution in [-0.4, -0.2) is 51.4 Å². The number of Topliss-reactive ketones (excluding diaryl/α,β-unsaturated/α-hetero) is 1. The molecule has 1 unspecified atom stereocenters. The van der Waals surface area contributed by atoms with E-state index in [0.717, 1.165) is 0 Å². The Bertz CT molecular complexity index is 1370. The summed E-state index contributed by atoms with van der Waals surface area (Å²) in [5, 5.41) is 22.7. The summed E-state index contributed by atoms with van der Waals surface area (Å²) in [5.74, 6) is -1.09. The van der Waals surface area contributed by atoms with Crippen LogP contribution in [-0.2, 0) is 16.1 Å². The van der Waals surface area contributed by atoms with Crippen LogP contribution in [0.2, 0.25) is 0 Å². The molecule has 184 valence electrons. The van der Waals surface area contributed by atoms with Crippen molar-refractivity contribution in [1.29, 1.82) is 0 Å². The highest BCUT2D eigenvalue weighted by atomic mass is 16.6. The number of aliphatic hydroxyl groups excluding tert-OH is 1. The Hall–Kier alpha value is -4.67. The van der Waals surface area contributed by atoms with Crippen LogP contribution in [0.15, 0.2) is 66.8 Å². The number of ketones is 1. The van der Waals surface area contributed by atoms with Gasteiger partial charge in [-0.3, -0.25) is 24.7 Å². The average Bonchev–Trinajstić information content (AvgIpc) is 3.50. The third-order valence-corrected chi connectivity index (χ3v) is 6.17. The summed E-state index contributed by atoms with van der Waals surface area (Å²) in [6.07, 6.45) is 5.90. The van der Waals surface area contributed by atoms with Crippen LogP contribution in [0.1, 0.15) is 23.6 Å². The Morgan fingerprint density at radius 1 is 1.17 bits per heavy atom. The monoisotopic (exact) mass is 491 g/mol. The average molecular weight is 491 g/mol. The van der Waals surface area contributed by atoms with E-state index in [1.54, 1.807) is 36.8 Å². The molecule has 1 atom stereocenters. The lowest BCUT2D eigenvalue weighted by atomic mass is 9.94. The molecule has 1 fully saturated rings. The number of amides is 1. The Balaban J connectivity index is 1.56. The predicted molar refractivity (Wildman–Crippen MR) is 125 cm³/mol. The van der Waals surface area contributed by atoms with E-state index in [-0.39, 0.29) is 29.1 Å². The van der Waals surface area contributed by atoms with E-state index >= 15 is 0 Å². The quantitative estimate of drug-likeness (QED) is 0.129. The zero-order valence-corrected chi connectivity index (χ0v) is 19.1. The number of benzene rings is 2. The standard InChI is InChI=1S/C25H22N4O7/c30-23(17-5-6-19-20(14-17)36-12-11-35-19)21-22(16-3-1-4-18(13-16)29(33)34)28(25(32)24(21)31)9-2-8-27-10-7-26-15-27/h1,3-7,10,13-15,22H,2,8-9,11-12H2,(H,30,31)/p+1. The van der Waals surface area contributed by atoms with Gasteiger partial charge < -0.3 is 19.5 Å². The number of non-ortho nitro benzene ring substituents is 1. The molecule has 0 saturated carbocycles. The number of likely N-dealkylation sites (tertiary alicyclic amines) is 1. The molecule has 1 saturated heterocycles. The minimum absolute atomic E-state index is 0.133. The van der Waals surface area contributed by atoms with E-state index in [1.165, 1.54) is 23.1 Å². The van der Waals surface area contributed by atoms with Crippen molar-refractivity contribution in [3.63, 3.8) is 0 Å². The molecule has 2 aliphatic rings. The van der Waals surface area contributed by atoms with E-state index in [0.29, 0.717) is 43.2 Å².